The molecule has 3 aromatic rings. The molecule has 4 rings (SSSR count). The number of carbonyl (C=O) groups excluding carboxylic acids is 2. The number of hydrogen-bond acceptors (Lipinski definition) is 8. The molecule has 0 spiro atoms. The molecule has 1 aliphatic rings. The number of methoxy groups -OCH3 is 2. The summed E-state index contributed by atoms with van der Waals surface area (Å²) in [5, 5.41) is 3.01. The van der Waals surface area contributed by atoms with Crippen LogP contribution in [0.1, 0.15) is 28.4 Å². The molecule has 0 aromatic heterocycles. The number of ether oxygens (including phenoxy) is 2. The van der Waals surface area contributed by atoms with Gasteiger partial charge in [0.05, 0.1) is 30.6 Å². The zero-order valence-corrected chi connectivity index (χ0v) is 24.0. The van der Waals surface area contributed by atoms with Crippen LogP contribution >= 0.6 is 0 Å². The number of aryl methyl sites for hydroxylation is 1. The highest BCUT2D eigenvalue weighted by atomic mass is 32.2. The van der Waals surface area contributed by atoms with Crippen molar-refractivity contribution < 1.29 is 27.5 Å². The maximum absolute atomic E-state index is 13.5. The first kappa shape index (κ1) is 28.9. The van der Waals surface area contributed by atoms with E-state index in [1.807, 2.05) is 31.2 Å². The molecule has 1 fully saturated rings. The predicted octanol–water partition coefficient (Wildman–Crippen LogP) is 3.91. The van der Waals surface area contributed by atoms with Crippen molar-refractivity contribution in [1.82, 2.24) is 4.90 Å². The van der Waals surface area contributed by atoms with Crippen LogP contribution < -0.4 is 15.0 Å². The number of anilines is 2. The smallest absolute Gasteiger partial charge is 0.327 e. The van der Waals surface area contributed by atoms with E-state index in [1.54, 1.807) is 55.3 Å². The van der Waals surface area contributed by atoms with Gasteiger partial charge in [0.2, 0.25) is 0 Å². The van der Waals surface area contributed by atoms with Crippen LogP contribution in [0.25, 0.3) is 0 Å². The number of sulfone groups is 1. The highest BCUT2D eigenvalue weighted by Crippen LogP contribution is 2.29. The summed E-state index contributed by atoms with van der Waals surface area (Å²) in [7, 11) is -0.747. The van der Waals surface area contributed by atoms with E-state index in [4.69, 9.17) is 9.47 Å². The van der Waals surface area contributed by atoms with Gasteiger partial charge in [-0.05, 0) is 61.4 Å². The highest BCUT2D eigenvalue weighted by Gasteiger charge is 2.26. The molecule has 40 heavy (non-hydrogen) atoms. The predicted molar refractivity (Wildman–Crippen MR) is 155 cm³/mol. The topological polar surface area (TPSA) is 105 Å². The van der Waals surface area contributed by atoms with Crippen molar-refractivity contribution in [3.05, 3.63) is 83.4 Å². The summed E-state index contributed by atoms with van der Waals surface area (Å²) in [5.41, 5.74) is 3.38. The molecule has 9 nitrogen and oxygen atoms in total. The molecule has 1 amide bonds. The Bertz CT molecular complexity index is 1470. The van der Waals surface area contributed by atoms with Crippen LogP contribution in [-0.4, -0.2) is 71.6 Å². The second-order valence-corrected chi connectivity index (χ2v) is 11.8. The van der Waals surface area contributed by atoms with Crippen molar-refractivity contribution in [1.29, 1.82) is 0 Å². The van der Waals surface area contributed by atoms with E-state index < -0.39 is 21.8 Å². The van der Waals surface area contributed by atoms with E-state index in [9.17, 15) is 18.0 Å². The van der Waals surface area contributed by atoms with Crippen LogP contribution in [0.4, 0.5) is 11.4 Å². The monoisotopic (exact) mass is 565 g/mol. The molecule has 1 aliphatic heterocycles. The van der Waals surface area contributed by atoms with Crippen LogP contribution in [-0.2, 0) is 25.1 Å². The Morgan fingerprint density at radius 2 is 1.62 bits per heavy atom. The molecule has 1 heterocycles. The van der Waals surface area contributed by atoms with E-state index in [1.165, 1.54) is 13.2 Å². The lowest BCUT2D eigenvalue weighted by atomic mass is 10.1. The van der Waals surface area contributed by atoms with Gasteiger partial charge in [0, 0.05) is 37.4 Å². The van der Waals surface area contributed by atoms with Crippen LogP contribution in [0.15, 0.2) is 71.6 Å². The van der Waals surface area contributed by atoms with E-state index in [0.717, 1.165) is 17.0 Å². The van der Waals surface area contributed by atoms with Gasteiger partial charge in [-0.1, -0.05) is 30.3 Å². The van der Waals surface area contributed by atoms with Crippen molar-refractivity contribution >= 4 is 33.1 Å². The number of nitrogens with one attached hydrogen (secondary N) is 1. The van der Waals surface area contributed by atoms with Gasteiger partial charge in [0.15, 0.2) is 9.84 Å². The fourth-order valence-corrected chi connectivity index (χ4v) is 6.09. The number of nitrogens with zero attached hydrogens (tertiary/aromatic N) is 2. The van der Waals surface area contributed by atoms with Crippen molar-refractivity contribution in [2.75, 3.05) is 50.6 Å². The van der Waals surface area contributed by atoms with Crippen molar-refractivity contribution in [2.45, 2.75) is 30.5 Å². The molecule has 212 valence electrons. The molecule has 0 bridgehead atoms. The summed E-state index contributed by atoms with van der Waals surface area (Å²) < 4.78 is 36.8. The lowest BCUT2D eigenvalue weighted by Gasteiger charge is -2.36. The minimum atomic E-state index is -3.71. The van der Waals surface area contributed by atoms with Crippen molar-refractivity contribution in [3.8, 4) is 5.75 Å². The van der Waals surface area contributed by atoms with E-state index in [2.05, 4.69) is 10.2 Å². The van der Waals surface area contributed by atoms with E-state index >= 15 is 0 Å². The normalized spacial score (nSPS) is 14.4. The standard InChI is InChI=1S/C30H35N3O6S/c1-21-9-14-25(40(36,37)20-23-10-12-24(13-11-23)31-22(2)30(35)39-4)19-26(21)29(34)33-17-15-32(16-18-33)27-7-5-6-8-28(27)38-3/h5-14,19,22,31H,15-18,20H2,1-4H3. The quantitative estimate of drug-likeness (QED) is 0.390. The largest absolute Gasteiger partial charge is 0.495 e. The van der Waals surface area contributed by atoms with Gasteiger partial charge in [-0.2, -0.15) is 0 Å². The molecule has 1 unspecified atom stereocenters. The third-order valence-corrected chi connectivity index (χ3v) is 8.73. The van der Waals surface area contributed by atoms with Gasteiger partial charge in [-0.25, -0.2) is 13.2 Å². The zero-order valence-electron chi connectivity index (χ0n) is 23.2. The molecule has 10 heteroatoms. The van der Waals surface area contributed by atoms with Crippen LogP contribution in [0.3, 0.4) is 0 Å². The SMILES string of the molecule is COC(=O)C(C)Nc1ccc(CS(=O)(=O)c2ccc(C)c(C(=O)N3CCN(c4ccccc4OC)CC3)c2)cc1. The summed E-state index contributed by atoms with van der Waals surface area (Å²) in [6.07, 6.45) is 0. The van der Waals surface area contributed by atoms with Gasteiger partial charge in [-0.15, -0.1) is 0 Å². The maximum atomic E-state index is 13.5. The minimum absolute atomic E-state index is 0.107. The summed E-state index contributed by atoms with van der Waals surface area (Å²) >= 11 is 0. The second-order valence-electron chi connectivity index (χ2n) is 9.77. The molecular formula is C30H35N3O6S. The van der Waals surface area contributed by atoms with Gasteiger partial charge in [0.25, 0.3) is 5.91 Å². The molecule has 1 saturated heterocycles. The number of hydrogen-bond donors (Lipinski definition) is 1. The number of esters is 1. The number of amides is 1. The third-order valence-electron chi connectivity index (χ3n) is 7.04. The molecule has 0 radical (unpaired) electrons. The van der Waals surface area contributed by atoms with Crippen LogP contribution in [0.2, 0.25) is 0 Å². The average Bonchev–Trinajstić information content (AvgIpc) is 2.97. The van der Waals surface area contributed by atoms with Crippen molar-refractivity contribution in [2.24, 2.45) is 0 Å². The second kappa shape index (κ2) is 12.4. The Balaban J connectivity index is 1.44. The third kappa shape index (κ3) is 6.56. The lowest BCUT2D eigenvalue weighted by Crippen LogP contribution is -2.49. The number of benzene rings is 3. The Morgan fingerprint density at radius 1 is 0.950 bits per heavy atom. The Morgan fingerprint density at radius 3 is 2.27 bits per heavy atom. The summed E-state index contributed by atoms with van der Waals surface area (Å²) in [6.45, 7) is 5.82. The first-order valence-electron chi connectivity index (χ1n) is 13.1. The van der Waals surface area contributed by atoms with Crippen molar-refractivity contribution in [3.63, 3.8) is 0 Å². The molecule has 1 N–H and O–H groups in total. The van der Waals surface area contributed by atoms with Gasteiger partial charge in [0.1, 0.15) is 11.8 Å². The summed E-state index contributed by atoms with van der Waals surface area (Å²) in [5.74, 6) is 0.00503. The molecular weight excluding hydrogens is 530 g/mol. The lowest BCUT2D eigenvalue weighted by molar-refractivity contribution is -0.141. The molecule has 1 atom stereocenters. The number of piperazine rings is 1. The molecule has 3 aromatic carbocycles. The van der Waals surface area contributed by atoms with E-state index in [0.29, 0.717) is 43.0 Å². The zero-order chi connectivity index (χ0) is 28.9. The first-order chi connectivity index (χ1) is 19.1. The number of carbonyl (C=O) groups is 2. The van der Waals surface area contributed by atoms with Gasteiger partial charge in [-0.3, -0.25) is 4.79 Å². The Labute approximate surface area is 235 Å². The maximum Gasteiger partial charge on any atom is 0.327 e. The van der Waals surface area contributed by atoms with E-state index in [-0.39, 0.29) is 16.6 Å². The number of rotatable bonds is 9. The molecule has 0 saturated carbocycles. The fourth-order valence-electron chi connectivity index (χ4n) is 4.72. The van der Waals surface area contributed by atoms with Crippen LogP contribution in [0, 0.1) is 6.92 Å². The van der Waals surface area contributed by atoms with Crippen LogP contribution in [0.5, 0.6) is 5.75 Å². The average molecular weight is 566 g/mol. The van der Waals surface area contributed by atoms with Gasteiger partial charge >= 0.3 is 5.97 Å². The number of para-hydroxylation sites is 2. The minimum Gasteiger partial charge on any atom is -0.495 e. The molecule has 0 aliphatic carbocycles. The summed E-state index contributed by atoms with van der Waals surface area (Å²) in [6, 6.07) is 18.8. The highest BCUT2D eigenvalue weighted by molar-refractivity contribution is 7.90. The Kier molecular flexibility index (Phi) is 8.99. The fraction of sp³-hybridized carbons (Fsp3) is 0.333. The summed E-state index contributed by atoms with van der Waals surface area (Å²) in [4.78, 5) is 29.2. The first-order valence-corrected chi connectivity index (χ1v) is 14.7. The Hall–Kier alpha value is -4.05. The van der Waals surface area contributed by atoms with Gasteiger partial charge < -0.3 is 24.6 Å².